The summed E-state index contributed by atoms with van der Waals surface area (Å²) in [6.45, 7) is 3.55. The minimum absolute atomic E-state index is 0.00207. The van der Waals surface area contributed by atoms with Crippen LogP contribution in [0.4, 0.5) is 5.82 Å². The van der Waals surface area contributed by atoms with E-state index in [2.05, 4.69) is 15.5 Å². The van der Waals surface area contributed by atoms with Gasteiger partial charge in [-0.15, -0.1) is 26.6 Å². The Kier molecular flexibility index (Phi) is 5.35. The number of carbonyl (C=O) groups excluding carboxylic acids is 1. The van der Waals surface area contributed by atoms with Gasteiger partial charge in [-0.2, -0.15) is 0 Å². The number of thiophene rings is 1. The van der Waals surface area contributed by atoms with Crippen molar-refractivity contribution in [2.45, 2.75) is 25.8 Å². The first-order chi connectivity index (χ1) is 15.2. The number of piperidine rings is 1. The summed E-state index contributed by atoms with van der Waals surface area (Å²) in [4.78, 5) is 15.9. The average Bonchev–Trinajstić information content (AvgIpc) is 3.57. The molecule has 0 saturated carbocycles. The summed E-state index contributed by atoms with van der Waals surface area (Å²) in [5, 5.41) is 18.1. The van der Waals surface area contributed by atoms with E-state index in [1.54, 1.807) is 11.6 Å². The molecule has 1 aromatic carbocycles. The van der Waals surface area contributed by atoms with E-state index >= 15 is 0 Å². The van der Waals surface area contributed by atoms with E-state index in [0.717, 1.165) is 42.1 Å². The van der Waals surface area contributed by atoms with Gasteiger partial charge in [0.2, 0.25) is 11.8 Å². The van der Waals surface area contributed by atoms with Gasteiger partial charge in [0.15, 0.2) is 5.82 Å². The number of aryl methyl sites for hydroxylation is 1. The first-order valence-corrected chi connectivity index (χ1v) is 11.1. The Balaban J connectivity index is 1.48. The summed E-state index contributed by atoms with van der Waals surface area (Å²) in [7, 11) is 0. The number of benzene rings is 1. The third kappa shape index (κ3) is 4.01. The van der Waals surface area contributed by atoms with Crippen molar-refractivity contribution in [3.63, 3.8) is 0 Å². The predicted octanol–water partition coefficient (Wildman–Crippen LogP) is 3.69. The molecule has 1 saturated heterocycles. The molecular weight excluding hydrogens is 412 g/mol. The quantitative estimate of drug-likeness (QED) is 0.515. The van der Waals surface area contributed by atoms with E-state index in [9.17, 15) is 4.79 Å². The highest BCUT2D eigenvalue weighted by Gasteiger charge is 2.30. The average molecular weight is 435 g/mol. The fourth-order valence-electron chi connectivity index (χ4n) is 3.82. The van der Waals surface area contributed by atoms with Gasteiger partial charge < -0.3 is 9.73 Å². The Morgan fingerprint density at radius 2 is 2.06 bits per heavy atom. The van der Waals surface area contributed by atoms with Crippen molar-refractivity contribution in [1.29, 1.82) is 0 Å². The minimum atomic E-state index is 0.00207. The van der Waals surface area contributed by atoms with Crippen LogP contribution in [0.3, 0.4) is 0 Å². The molecule has 5 rings (SSSR count). The summed E-state index contributed by atoms with van der Waals surface area (Å²) in [5.74, 6) is 1.65. The van der Waals surface area contributed by atoms with Crippen LogP contribution in [0.15, 0.2) is 58.5 Å². The summed E-state index contributed by atoms with van der Waals surface area (Å²) in [6.07, 6.45) is 3.68. The Hall–Kier alpha value is -3.30. The number of carbonyl (C=O) groups is 1. The molecule has 0 radical (unpaired) electrons. The molecule has 1 fully saturated rings. The lowest BCUT2D eigenvalue weighted by molar-refractivity contribution is 0.0974. The summed E-state index contributed by atoms with van der Waals surface area (Å²) >= 11 is 1.46. The molecule has 158 valence electrons. The molecule has 4 heterocycles. The molecule has 0 atom stereocenters. The molecule has 31 heavy (non-hydrogen) atoms. The Labute approximate surface area is 183 Å². The smallest absolute Gasteiger partial charge is 0.269 e. The zero-order valence-electron chi connectivity index (χ0n) is 17.1. The molecule has 9 heteroatoms. The van der Waals surface area contributed by atoms with Gasteiger partial charge >= 0.3 is 0 Å². The third-order valence-corrected chi connectivity index (χ3v) is 6.19. The molecule has 1 N–H and O–H groups in total. The second-order valence-corrected chi connectivity index (χ2v) is 8.38. The molecule has 0 aliphatic carbocycles. The van der Waals surface area contributed by atoms with E-state index in [0.29, 0.717) is 17.6 Å². The van der Waals surface area contributed by atoms with E-state index < -0.39 is 0 Å². The van der Waals surface area contributed by atoms with Crippen LogP contribution in [0, 0.1) is 6.92 Å². The zero-order chi connectivity index (χ0) is 21.2. The molecule has 3 aromatic heterocycles. The molecule has 1 aliphatic rings. The largest absolute Gasteiger partial charge is 0.421 e. The maximum atomic E-state index is 13.3. The van der Waals surface area contributed by atoms with Crippen molar-refractivity contribution < 1.29 is 9.21 Å². The maximum absolute atomic E-state index is 13.3. The fraction of sp³-hybridized carbons (Fsp3) is 0.273. The fourth-order valence-corrected chi connectivity index (χ4v) is 4.48. The number of hydrogen-bond acceptors (Lipinski definition) is 7. The highest BCUT2D eigenvalue weighted by atomic mass is 32.1. The number of rotatable bonds is 5. The van der Waals surface area contributed by atoms with Crippen molar-refractivity contribution in [3.8, 4) is 17.1 Å². The van der Waals surface area contributed by atoms with Gasteiger partial charge in [-0.05, 0) is 55.6 Å². The van der Waals surface area contributed by atoms with Crippen LogP contribution >= 0.6 is 11.3 Å². The third-order valence-electron chi connectivity index (χ3n) is 5.33. The number of hydrogen-bond donors (Lipinski definition) is 1. The summed E-state index contributed by atoms with van der Waals surface area (Å²) in [6, 6.07) is 13.5. The van der Waals surface area contributed by atoms with Crippen molar-refractivity contribution in [2.24, 2.45) is 0 Å². The molecular formula is C22H22N6O2S. The predicted molar refractivity (Wildman–Crippen MR) is 119 cm³/mol. The van der Waals surface area contributed by atoms with Gasteiger partial charge in [-0.25, -0.2) is 4.68 Å². The van der Waals surface area contributed by atoms with E-state index in [1.807, 2.05) is 58.9 Å². The number of anilines is 1. The molecule has 1 amide bonds. The van der Waals surface area contributed by atoms with Gasteiger partial charge in [0, 0.05) is 30.8 Å². The molecule has 0 spiro atoms. The first-order valence-electron chi connectivity index (χ1n) is 10.2. The van der Waals surface area contributed by atoms with Crippen molar-refractivity contribution in [1.82, 2.24) is 25.3 Å². The van der Waals surface area contributed by atoms with Gasteiger partial charge in [-0.3, -0.25) is 9.69 Å². The van der Waals surface area contributed by atoms with Crippen LogP contribution in [0.2, 0.25) is 0 Å². The van der Waals surface area contributed by atoms with Crippen LogP contribution in [-0.4, -0.2) is 45.0 Å². The first kappa shape index (κ1) is 19.7. The Morgan fingerprint density at radius 3 is 2.81 bits per heavy atom. The minimum Gasteiger partial charge on any atom is -0.421 e. The second kappa shape index (κ2) is 8.44. The van der Waals surface area contributed by atoms with Crippen molar-refractivity contribution in [2.75, 3.05) is 18.0 Å². The van der Waals surface area contributed by atoms with Gasteiger partial charge in [0.25, 0.3) is 5.91 Å². The number of amides is 1. The SMILES string of the molecule is Cc1nnc(-c2cccc(-n3ccc(N(C(=O)c4cccs4)C4CCNCC4)n3)c2)o1. The lowest BCUT2D eigenvalue weighted by Crippen LogP contribution is -2.46. The highest BCUT2D eigenvalue weighted by molar-refractivity contribution is 7.12. The summed E-state index contributed by atoms with van der Waals surface area (Å²) < 4.78 is 7.32. The number of nitrogens with one attached hydrogen (secondary N) is 1. The molecule has 0 unspecified atom stereocenters. The molecule has 4 aromatic rings. The standard InChI is InChI=1S/C22H22N6O2S/c1-15-24-25-21(30-15)16-4-2-5-18(14-16)27-12-9-20(26-27)28(17-7-10-23-11-8-17)22(29)19-6-3-13-31-19/h2-6,9,12-14,17,23H,7-8,10-11H2,1H3. The zero-order valence-corrected chi connectivity index (χ0v) is 17.9. The van der Waals surface area contributed by atoms with E-state index in [4.69, 9.17) is 9.52 Å². The molecule has 1 aliphatic heterocycles. The van der Waals surface area contributed by atoms with Crippen LogP contribution in [0.5, 0.6) is 0 Å². The Morgan fingerprint density at radius 1 is 1.19 bits per heavy atom. The van der Waals surface area contributed by atoms with Crippen LogP contribution in [0.1, 0.15) is 28.4 Å². The van der Waals surface area contributed by atoms with Crippen molar-refractivity contribution in [3.05, 3.63) is 64.8 Å². The van der Waals surface area contributed by atoms with Crippen LogP contribution in [-0.2, 0) is 0 Å². The number of nitrogens with zero attached hydrogens (tertiary/aromatic N) is 5. The van der Waals surface area contributed by atoms with Crippen LogP contribution < -0.4 is 10.2 Å². The lowest BCUT2D eigenvalue weighted by atomic mass is 10.0. The number of aromatic nitrogens is 4. The second-order valence-electron chi connectivity index (χ2n) is 7.43. The van der Waals surface area contributed by atoms with Crippen LogP contribution in [0.25, 0.3) is 17.1 Å². The monoisotopic (exact) mass is 434 g/mol. The highest BCUT2D eigenvalue weighted by Crippen LogP contribution is 2.26. The normalized spacial score (nSPS) is 14.6. The topological polar surface area (TPSA) is 89.1 Å². The van der Waals surface area contributed by atoms with E-state index in [-0.39, 0.29) is 11.9 Å². The molecule has 8 nitrogen and oxygen atoms in total. The summed E-state index contributed by atoms with van der Waals surface area (Å²) in [5.41, 5.74) is 1.67. The maximum Gasteiger partial charge on any atom is 0.269 e. The Bertz CT molecular complexity index is 1180. The van der Waals surface area contributed by atoms with Crippen molar-refractivity contribution >= 4 is 23.1 Å². The lowest BCUT2D eigenvalue weighted by Gasteiger charge is -2.32. The van der Waals surface area contributed by atoms with Gasteiger partial charge in [0.05, 0.1) is 10.6 Å². The molecule has 0 bridgehead atoms. The van der Waals surface area contributed by atoms with Gasteiger partial charge in [0.1, 0.15) is 0 Å². The van der Waals surface area contributed by atoms with Gasteiger partial charge in [-0.1, -0.05) is 12.1 Å². The van der Waals surface area contributed by atoms with E-state index in [1.165, 1.54) is 11.3 Å².